The van der Waals surface area contributed by atoms with Crippen molar-refractivity contribution in [2.75, 3.05) is 12.0 Å². The quantitative estimate of drug-likeness (QED) is 0.787. The fourth-order valence-corrected chi connectivity index (χ4v) is 2.67. The summed E-state index contributed by atoms with van der Waals surface area (Å²) in [7, 11) is 0. The van der Waals surface area contributed by atoms with Gasteiger partial charge in [-0.2, -0.15) is 11.8 Å². The fraction of sp³-hybridized carbons (Fsp3) is 0.455. The Morgan fingerprint density at radius 3 is 3.06 bits per heavy atom. The molecular formula is C11H14ClN3S. The Morgan fingerprint density at radius 2 is 2.38 bits per heavy atom. The van der Waals surface area contributed by atoms with Gasteiger partial charge in [0.25, 0.3) is 0 Å². The highest BCUT2D eigenvalue weighted by atomic mass is 35.5. The van der Waals surface area contributed by atoms with Crippen LogP contribution in [-0.2, 0) is 5.88 Å². The van der Waals surface area contributed by atoms with Gasteiger partial charge in [0.1, 0.15) is 11.3 Å². The van der Waals surface area contributed by atoms with Crippen molar-refractivity contribution in [3.8, 4) is 0 Å². The van der Waals surface area contributed by atoms with Gasteiger partial charge >= 0.3 is 0 Å². The summed E-state index contributed by atoms with van der Waals surface area (Å²) in [6.45, 7) is 2.17. The number of nitrogens with zero attached hydrogens (tertiary/aromatic N) is 3. The molecule has 16 heavy (non-hydrogen) atoms. The fourth-order valence-electron chi connectivity index (χ4n) is 1.85. The Morgan fingerprint density at radius 1 is 1.56 bits per heavy atom. The average molecular weight is 256 g/mol. The lowest BCUT2D eigenvalue weighted by Crippen LogP contribution is -2.11. The Kier molecular flexibility index (Phi) is 3.71. The molecular weight excluding hydrogens is 242 g/mol. The molecule has 0 bridgehead atoms. The van der Waals surface area contributed by atoms with Gasteiger partial charge in [0.05, 0.1) is 5.88 Å². The van der Waals surface area contributed by atoms with E-state index in [2.05, 4.69) is 27.7 Å². The average Bonchev–Trinajstić information content (AvgIpc) is 2.67. The van der Waals surface area contributed by atoms with Gasteiger partial charge in [-0.25, -0.2) is 9.97 Å². The first-order chi connectivity index (χ1) is 7.77. The number of fused-ring (bicyclic) bond motifs is 1. The van der Waals surface area contributed by atoms with E-state index < -0.39 is 0 Å². The minimum atomic E-state index is 0.364. The van der Waals surface area contributed by atoms with Crippen LogP contribution in [0.5, 0.6) is 0 Å². The maximum atomic E-state index is 5.93. The van der Waals surface area contributed by atoms with Gasteiger partial charge in [0.15, 0.2) is 5.65 Å². The zero-order chi connectivity index (χ0) is 11.5. The molecule has 1 unspecified atom stereocenters. The third kappa shape index (κ3) is 2.04. The van der Waals surface area contributed by atoms with Crippen LogP contribution in [0, 0.1) is 0 Å². The van der Waals surface area contributed by atoms with Crippen molar-refractivity contribution >= 4 is 34.5 Å². The molecule has 0 aliphatic heterocycles. The molecule has 0 aromatic carbocycles. The first-order valence-corrected chi connectivity index (χ1v) is 7.07. The molecule has 2 heterocycles. The first-order valence-electron chi connectivity index (χ1n) is 5.14. The van der Waals surface area contributed by atoms with Crippen LogP contribution in [0.4, 0.5) is 0 Å². The SMILES string of the molecule is CSCC(C)n1c(CCl)nc2cccnc21. The summed E-state index contributed by atoms with van der Waals surface area (Å²) >= 11 is 7.75. The molecule has 2 aromatic heterocycles. The van der Waals surface area contributed by atoms with Gasteiger partial charge in [-0.05, 0) is 25.3 Å². The predicted octanol–water partition coefficient (Wildman–Crippen LogP) is 3.09. The van der Waals surface area contributed by atoms with Gasteiger partial charge in [-0.15, -0.1) is 11.6 Å². The van der Waals surface area contributed by atoms with E-state index in [1.807, 2.05) is 23.9 Å². The van der Waals surface area contributed by atoms with Crippen LogP contribution in [-0.4, -0.2) is 26.5 Å². The second-order valence-corrected chi connectivity index (χ2v) is 4.86. The lowest BCUT2D eigenvalue weighted by molar-refractivity contribution is 0.601. The number of rotatable bonds is 4. The van der Waals surface area contributed by atoms with Crippen LogP contribution >= 0.6 is 23.4 Å². The highest BCUT2D eigenvalue weighted by Gasteiger charge is 2.15. The van der Waals surface area contributed by atoms with Crippen molar-refractivity contribution in [3.63, 3.8) is 0 Å². The van der Waals surface area contributed by atoms with E-state index in [0.717, 1.165) is 22.7 Å². The van der Waals surface area contributed by atoms with Crippen molar-refractivity contribution in [1.82, 2.24) is 14.5 Å². The third-order valence-electron chi connectivity index (χ3n) is 2.49. The molecule has 0 fully saturated rings. The summed E-state index contributed by atoms with van der Waals surface area (Å²) in [6.07, 6.45) is 3.90. The van der Waals surface area contributed by atoms with Crippen molar-refractivity contribution in [3.05, 3.63) is 24.2 Å². The highest BCUT2D eigenvalue weighted by molar-refractivity contribution is 7.98. The van der Waals surface area contributed by atoms with Gasteiger partial charge in [-0.3, -0.25) is 0 Å². The summed E-state index contributed by atoms with van der Waals surface area (Å²) in [5, 5.41) is 0. The third-order valence-corrected chi connectivity index (χ3v) is 3.54. The molecule has 0 aliphatic carbocycles. The first kappa shape index (κ1) is 11.7. The number of imidazole rings is 1. The normalized spacial score (nSPS) is 13.2. The summed E-state index contributed by atoms with van der Waals surface area (Å²) in [4.78, 5) is 8.88. The highest BCUT2D eigenvalue weighted by Crippen LogP contribution is 2.22. The van der Waals surface area contributed by atoms with Crippen molar-refractivity contribution in [2.24, 2.45) is 0 Å². The maximum Gasteiger partial charge on any atom is 0.160 e. The Labute approximate surface area is 104 Å². The molecule has 0 spiro atoms. The van der Waals surface area contributed by atoms with Crippen LogP contribution < -0.4 is 0 Å². The van der Waals surface area contributed by atoms with E-state index in [1.165, 1.54) is 0 Å². The standard InChI is InChI=1S/C11H14ClN3S/c1-8(7-16-2)15-10(6-12)14-9-4-3-5-13-11(9)15/h3-5,8H,6-7H2,1-2H3. The molecule has 0 aliphatic rings. The molecule has 86 valence electrons. The number of hydrogen-bond donors (Lipinski definition) is 0. The zero-order valence-corrected chi connectivity index (χ0v) is 10.9. The molecule has 5 heteroatoms. The van der Waals surface area contributed by atoms with E-state index in [1.54, 1.807) is 6.20 Å². The van der Waals surface area contributed by atoms with Crippen molar-refractivity contribution in [2.45, 2.75) is 18.8 Å². The van der Waals surface area contributed by atoms with E-state index in [9.17, 15) is 0 Å². The molecule has 0 amide bonds. The summed E-state index contributed by atoms with van der Waals surface area (Å²) in [6, 6.07) is 4.24. The lowest BCUT2D eigenvalue weighted by Gasteiger charge is -2.14. The van der Waals surface area contributed by atoms with Crippen molar-refractivity contribution < 1.29 is 0 Å². The van der Waals surface area contributed by atoms with E-state index >= 15 is 0 Å². The van der Waals surface area contributed by atoms with Gasteiger partial charge in [0, 0.05) is 18.0 Å². The monoisotopic (exact) mass is 255 g/mol. The predicted molar refractivity (Wildman–Crippen MR) is 70.2 cm³/mol. The van der Waals surface area contributed by atoms with Crippen LogP contribution in [0.25, 0.3) is 11.2 Å². The minimum absolute atomic E-state index is 0.364. The Bertz CT molecular complexity index is 483. The largest absolute Gasteiger partial charge is 0.308 e. The van der Waals surface area contributed by atoms with Crippen LogP contribution in [0.15, 0.2) is 18.3 Å². The molecule has 1 atom stereocenters. The minimum Gasteiger partial charge on any atom is -0.308 e. The smallest absolute Gasteiger partial charge is 0.160 e. The number of halogens is 1. The molecule has 0 radical (unpaired) electrons. The molecule has 2 rings (SSSR count). The number of aromatic nitrogens is 3. The summed E-state index contributed by atoms with van der Waals surface area (Å²) in [5.74, 6) is 2.36. The molecule has 0 saturated heterocycles. The molecule has 2 aromatic rings. The molecule has 3 nitrogen and oxygen atoms in total. The Hall–Kier alpha value is -0.740. The number of pyridine rings is 1. The number of thioether (sulfide) groups is 1. The van der Waals surface area contributed by atoms with E-state index in [4.69, 9.17) is 11.6 Å². The zero-order valence-electron chi connectivity index (χ0n) is 9.35. The van der Waals surface area contributed by atoms with Crippen LogP contribution in [0.2, 0.25) is 0 Å². The second-order valence-electron chi connectivity index (χ2n) is 3.68. The lowest BCUT2D eigenvalue weighted by atomic mass is 10.3. The van der Waals surface area contributed by atoms with E-state index in [-0.39, 0.29) is 0 Å². The van der Waals surface area contributed by atoms with Crippen LogP contribution in [0.3, 0.4) is 0 Å². The summed E-state index contributed by atoms with van der Waals surface area (Å²) in [5.41, 5.74) is 1.85. The second kappa shape index (κ2) is 5.06. The number of alkyl halides is 1. The maximum absolute atomic E-state index is 5.93. The summed E-state index contributed by atoms with van der Waals surface area (Å²) < 4.78 is 2.14. The topological polar surface area (TPSA) is 30.7 Å². The number of hydrogen-bond acceptors (Lipinski definition) is 3. The van der Waals surface area contributed by atoms with Crippen molar-refractivity contribution in [1.29, 1.82) is 0 Å². The van der Waals surface area contributed by atoms with Gasteiger partial charge in [0.2, 0.25) is 0 Å². The van der Waals surface area contributed by atoms with Crippen LogP contribution in [0.1, 0.15) is 18.8 Å². The van der Waals surface area contributed by atoms with Gasteiger partial charge in [-0.1, -0.05) is 0 Å². The van der Waals surface area contributed by atoms with Gasteiger partial charge < -0.3 is 4.57 Å². The Balaban J connectivity index is 2.55. The van der Waals surface area contributed by atoms with E-state index in [0.29, 0.717) is 11.9 Å². The molecule has 0 saturated carbocycles. The molecule has 0 N–H and O–H groups in total.